The number of hydrogen-bond acceptors (Lipinski definition) is 3. The van der Waals surface area contributed by atoms with Crippen LogP contribution in [0.25, 0.3) is 0 Å². The molecule has 0 heterocycles. The number of nitrogens with zero attached hydrogens (tertiary/aromatic N) is 1. The Kier molecular flexibility index (Phi) is 9.05. The van der Waals surface area contributed by atoms with E-state index in [1.807, 2.05) is 50.2 Å². The zero-order valence-corrected chi connectivity index (χ0v) is 20.0. The van der Waals surface area contributed by atoms with Crippen molar-refractivity contribution in [1.29, 1.82) is 0 Å². The number of nitrogens with one attached hydrogen (secondary N) is 1. The number of amides is 2. The molecule has 0 fully saturated rings. The molecule has 0 aliphatic carbocycles. The third-order valence-electron chi connectivity index (χ3n) is 5.19. The van der Waals surface area contributed by atoms with Crippen LogP contribution < -0.4 is 10.1 Å². The van der Waals surface area contributed by atoms with Gasteiger partial charge in [-0.15, -0.1) is 0 Å². The second-order valence-electron chi connectivity index (χ2n) is 8.20. The van der Waals surface area contributed by atoms with Gasteiger partial charge >= 0.3 is 0 Å². The Morgan fingerprint density at radius 3 is 2.29 bits per heavy atom. The first-order valence-corrected chi connectivity index (χ1v) is 11.5. The second-order valence-corrected chi connectivity index (χ2v) is 8.61. The normalized spacial score (nSPS) is 11.7. The van der Waals surface area contributed by atoms with Crippen LogP contribution in [0.2, 0.25) is 5.02 Å². The highest BCUT2D eigenvalue weighted by Gasteiger charge is 2.31. The van der Waals surface area contributed by atoms with Gasteiger partial charge in [-0.25, -0.2) is 4.39 Å². The van der Waals surface area contributed by atoms with Gasteiger partial charge in [0.05, 0.1) is 0 Å². The van der Waals surface area contributed by atoms with Crippen LogP contribution in [0.15, 0.2) is 78.9 Å². The van der Waals surface area contributed by atoms with Gasteiger partial charge in [-0.1, -0.05) is 72.3 Å². The molecule has 3 rings (SSSR count). The molecule has 3 aromatic carbocycles. The van der Waals surface area contributed by atoms with Crippen LogP contribution >= 0.6 is 11.6 Å². The van der Waals surface area contributed by atoms with Crippen molar-refractivity contribution >= 4 is 23.4 Å². The first-order chi connectivity index (χ1) is 16.3. The molecule has 0 aromatic heterocycles. The molecule has 1 N–H and O–H groups in total. The summed E-state index contributed by atoms with van der Waals surface area (Å²) in [5.41, 5.74) is 1.59. The molecule has 0 spiro atoms. The van der Waals surface area contributed by atoms with Crippen molar-refractivity contribution in [3.05, 3.63) is 101 Å². The number of carbonyl (C=O) groups excluding carboxylic acids is 2. The number of benzene rings is 3. The van der Waals surface area contributed by atoms with E-state index in [4.69, 9.17) is 16.3 Å². The van der Waals surface area contributed by atoms with Crippen molar-refractivity contribution in [2.75, 3.05) is 6.61 Å². The number of hydrogen-bond donors (Lipinski definition) is 1. The molecule has 7 heteroatoms. The van der Waals surface area contributed by atoms with Crippen molar-refractivity contribution in [3.8, 4) is 5.75 Å². The Labute approximate surface area is 204 Å². The maximum absolute atomic E-state index is 14.0. The Morgan fingerprint density at radius 2 is 1.62 bits per heavy atom. The van der Waals surface area contributed by atoms with Crippen LogP contribution in [0.3, 0.4) is 0 Å². The molecule has 3 aromatic rings. The SMILES string of the molecule is CC(C)NC(=O)C(Cc1ccccc1)N(Cc1ccccc1Cl)C(=O)COc1ccccc1F. The predicted octanol–water partition coefficient (Wildman–Crippen LogP) is 5.02. The summed E-state index contributed by atoms with van der Waals surface area (Å²) in [5.74, 6) is -1.33. The summed E-state index contributed by atoms with van der Waals surface area (Å²) in [6.07, 6.45) is 0.301. The zero-order chi connectivity index (χ0) is 24.5. The van der Waals surface area contributed by atoms with Crippen molar-refractivity contribution in [3.63, 3.8) is 0 Å². The lowest BCUT2D eigenvalue weighted by Gasteiger charge is -2.32. The van der Waals surface area contributed by atoms with E-state index < -0.39 is 24.4 Å². The number of carbonyl (C=O) groups is 2. The third-order valence-corrected chi connectivity index (χ3v) is 5.56. The van der Waals surface area contributed by atoms with E-state index in [1.165, 1.54) is 17.0 Å². The maximum atomic E-state index is 14.0. The number of ether oxygens (including phenoxy) is 1. The van der Waals surface area contributed by atoms with Gasteiger partial charge in [0.2, 0.25) is 5.91 Å². The van der Waals surface area contributed by atoms with Crippen LogP contribution in [-0.4, -0.2) is 35.4 Å². The fourth-order valence-electron chi connectivity index (χ4n) is 3.53. The summed E-state index contributed by atoms with van der Waals surface area (Å²) < 4.78 is 19.5. The molecule has 2 amide bonds. The Hall–Kier alpha value is -3.38. The molecule has 178 valence electrons. The van der Waals surface area contributed by atoms with Crippen LogP contribution in [0.4, 0.5) is 4.39 Å². The van der Waals surface area contributed by atoms with Gasteiger partial charge in [-0.3, -0.25) is 9.59 Å². The van der Waals surface area contributed by atoms with Gasteiger partial charge in [0.1, 0.15) is 6.04 Å². The molecule has 1 atom stereocenters. The molecule has 0 saturated carbocycles. The summed E-state index contributed by atoms with van der Waals surface area (Å²) in [6.45, 7) is 3.39. The third kappa shape index (κ3) is 7.06. The Bertz CT molecular complexity index is 1110. The lowest BCUT2D eigenvalue weighted by Crippen LogP contribution is -2.52. The molecule has 0 aliphatic heterocycles. The molecule has 0 radical (unpaired) electrons. The number of para-hydroxylation sites is 1. The largest absolute Gasteiger partial charge is 0.481 e. The summed E-state index contributed by atoms with van der Waals surface area (Å²) in [7, 11) is 0. The monoisotopic (exact) mass is 482 g/mol. The summed E-state index contributed by atoms with van der Waals surface area (Å²) in [6, 6.07) is 21.6. The van der Waals surface area contributed by atoms with Crippen molar-refractivity contribution in [2.24, 2.45) is 0 Å². The standard InChI is InChI=1S/C27H28ClFN2O3/c1-19(2)30-27(33)24(16-20-10-4-3-5-11-20)31(17-21-12-6-7-13-22(21)28)26(32)18-34-25-15-9-8-14-23(25)29/h3-15,19,24H,16-18H2,1-2H3,(H,30,33). The van der Waals surface area contributed by atoms with Gasteiger partial charge in [0.25, 0.3) is 5.91 Å². The average Bonchev–Trinajstić information content (AvgIpc) is 2.82. The first-order valence-electron chi connectivity index (χ1n) is 11.1. The maximum Gasteiger partial charge on any atom is 0.261 e. The van der Waals surface area contributed by atoms with Gasteiger partial charge in [0, 0.05) is 24.0 Å². The van der Waals surface area contributed by atoms with Crippen molar-refractivity contribution < 1.29 is 18.7 Å². The molecule has 5 nitrogen and oxygen atoms in total. The van der Waals surface area contributed by atoms with Gasteiger partial charge in [-0.2, -0.15) is 0 Å². The van der Waals surface area contributed by atoms with E-state index in [0.29, 0.717) is 17.0 Å². The van der Waals surface area contributed by atoms with Crippen molar-refractivity contribution in [2.45, 2.75) is 38.9 Å². The van der Waals surface area contributed by atoms with E-state index in [9.17, 15) is 14.0 Å². The fraction of sp³-hybridized carbons (Fsp3) is 0.259. The van der Waals surface area contributed by atoms with Crippen LogP contribution in [0.5, 0.6) is 5.75 Å². The Balaban J connectivity index is 1.93. The van der Waals surface area contributed by atoms with Gasteiger partial charge in [0.15, 0.2) is 18.2 Å². The number of rotatable bonds is 10. The average molecular weight is 483 g/mol. The van der Waals surface area contributed by atoms with Gasteiger partial charge < -0.3 is 15.0 Å². The lowest BCUT2D eigenvalue weighted by molar-refractivity contribution is -0.143. The molecule has 0 saturated heterocycles. The minimum Gasteiger partial charge on any atom is -0.481 e. The Morgan fingerprint density at radius 1 is 0.971 bits per heavy atom. The van der Waals surface area contributed by atoms with Gasteiger partial charge in [-0.05, 0) is 43.2 Å². The first kappa shape index (κ1) is 25.2. The fourth-order valence-corrected chi connectivity index (χ4v) is 3.72. The highest BCUT2D eigenvalue weighted by Crippen LogP contribution is 2.21. The quantitative estimate of drug-likeness (QED) is 0.441. The molecule has 0 aliphatic rings. The molecule has 0 bridgehead atoms. The van der Waals surface area contributed by atoms with E-state index in [2.05, 4.69) is 5.32 Å². The van der Waals surface area contributed by atoms with E-state index in [0.717, 1.165) is 5.56 Å². The highest BCUT2D eigenvalue weighted by molar-refractivity contribution is 6.31. The van der Waals surface area contributed by atoms with E-state index >= 15 is 0 Å². The summed E-state index contributed by atoms with van der Waals surface area (Å²) in [4.78, 5) is 28.1. The highest BCUT2D eigenvalue weighted by atomic mass is 35.5. The van der Waals surface area contributed by atoms with E-state index in [1.54, 1.807) is 30.3 Å². The minimum absolute atomic E-state index is 0.0280. The molecule has 34 heavy (non-hydrogen) atoms. The van der Waals surface area contributed by atoms with E-state index in [-0.39, 0.29) is 24.2 Å². The molecular formula is C27H28ClFN2O3. The zero-order valence-electron chi connectivity index (χ0n) is 19.2. The molecular weight excluding hydrogens is 455 g/mol. The van der Waals surface area contributed by atoms with Crippen LogP contribution in [0, 0.1) is 5.82 Å². The van der Waals surface area contributed by atoms with Crippen LogP contribution in [-0.2, 0) is 22.6 Å². The van der Waals surface area contributed by atoms with Crippen molar-refractivity contribution in [1.82, 2.24) is 10.2 Å². The topological polar surface area (TPSA) is 58.6 Å². The smallest absolute Gasteiger partial charge is 0.261 e. The summed E-state index contributed by atoms with van der Waals surface area (Å²) in [5, 5.41) is 3.40. The summed E-state index contributed by atoms with van der Waals surface area (Å²) >= 11 is 6.38. The lowest BCUT2D eigenvalue weighted by atomic mass is 10.0. The second kappa shape index (κ2) is 12.2. The van der Waals surface area contributed by atoms with Crippen LogP contribution in [0.1, 0.15) is 25.0 Å². The molecule has 1 unspecified atom stereocenters. The number of halogens is 2. The predicted molar refractivity (Wildman–Crippen MR) is 131 cm³/mol. The minimum atomic E-state index is -0.821.